The summed E-state index contributed by atoms with van der Waals surface area (Å²) in [5.74, 6) is 0.506. The molecule has 0 aromatic carbocycles. The minimum Gasteiger partial charge on any atom is -0.361 e. The van der Waals surface area contributed by atoms with Crippen LogP contribution in [-0.4, -0.2) is 15.0 Å². The highest BCUT2D eigenvalue weighted by Crippen LogP contribution is 2.19. The van der Waals surface area contributed by atoms with Crippen molar-refractivity contribution < 1.29 is 0 Å². The standard InChI is InChI=1S/C11H11BrN4O/c1-7(8-4-2-3-5-13-8)16-10-9(12)11(17)15-6-14-10/h2-7H,1H3,(H2,14,15,16,17). The molecule has 2 rings (SSSR count). The Labute approximate surface area is 106 Å². The van der Waals surface area contributed by atoms with Crippen LogP contribution in [0.4, 0.5) is 5.82 Å². The first-order valence-corrected chi connectivity index (χ1v) is 5.88. The van der Waals surface area contributed by atoms with E-state index in [4.69, 9.17) is 0 Å². The second-order valence-electron chi connectivity index (χ2n) is 3.51. The third kappa shape index (κ3) is 2.71. The van der Waals surface area contributed by atoms with Crippen LogP contribution < -0.4 is 10.9 Å². The zero-order valence-corrected chi connectivity index (χ0v) is 10.7. The molecule has 0 fully saturated rings. The Bertz CT molecular complexity index is 555. The Hall–Kier alpha value is -1.69. The molecule has 0 aliphatic rings. The number of nitrogens with one attached hydrogen (secondary N) is 2. The fourth-order valence-corrected chi connectivity index (χ4v) is 1.73. The van der Waals surface area contributed by atoms with E-state index in [-0.39, 0.29) is 11.6 Å². The van der Waals surface area contributed by atoms with Gasteiger partial charge >= 0.3 is 0 Å². The molecule has 88 valence electrons. The van der Waals surface area contributed by atoms with Gasteiger partial charge in [-0.1, -0.05) is 6.07 Å². The van der Waals surface area contributed by atoms with Gasteiger partial charge in [0.15, 0.2) is 0 Å². The van der Waals surface area contributed by atoms with Crippen molar-refractivity contribution in [1.82, 2.24) is 15.0 Å². The average molecular weight is 295 g/mol. The molecular weight excluding hydrogens is 284 g/mol. The summed E-state index contributed by atoms with van der Waals surface area (Å²) in [6, 6.07) is 5.67. The van der Waals surface area contributed by atoms with Crippen molar-refractivity contribution in [1.29, 1.82) is 0 Å². The predicted molar refractivity (Wildman–Crippen MR) is 68.8 cm³/mol. The van der Waals surface area contributed by atoms with Crippen LogP contribution in [0.15, 0.2) is 40.0 Å². The molecule has 17 heavy (non-hydrogen) atoms. The van der Waals surface area contributed by atoms with E-state index in [0.29, 0.717) is 10.3 Å². The molecule has 0 saturated heterocycles. The molecule has 0 bridgehead atoms. The van der Waals surface area contributed by atoms with E-state index in [0.717, 1.165) is 5.69 Å². The number of pyridine rings is 1. The summed E-state index contributed by atoms with van der Waals surface area (Å²) >= 11 is 3.19. The zero-order chi connectivity index (χ0) is 12.3. The first kappa shape index (κ1) is 11.8. The summed E-state index contributed by atoms with van der Waals surface area (Å²) in [6.07, 6.45) is 3.09. The van der Waals surface area contributed by atoms with Crippen molar-refractivity contribution in [3.05, 3.63) is 51.2 Å². The number of aromatic nitrogens is 3. The Morgan fingerprint density at radius 3 is 2.94 bits per heavy atom. The van der Waals surface area contributed by atoms with E-state index in [1.165, 1.54) is 6.33 Å². The van der Waals surface area contributed by atoms with Crippen LogP contribution in [-0.2, 0) is 0 Å². The molecule has 2 aromatic heterocycles. The van der Waals surface area contributed by atoms with Gasteiger partial charge in [0.1, 0.15) is 10.3 Å². The Morgan fingerprint density at radius 2 is 2.24 bits per heavy atom. The van der Waals surface area contributed by atoms with Gasteiger partial charge < -0.3 is 10.3 Å². The molecule has 0 aliphatic carbocycles. The molecule has 2 aromatic rings. The Morgan fingerprint density at radius 1 is 1.41 bits per heavy atom. The number of hydrogen-bond donors (Lipinski definition) is 2. The van der Waals surface area contributed by atoms with Crippen LogP contribution in [0.25, 0.3) is 0 Å². The number of rotatable bonds is 3. The van der Waals surface area contributed by atoms with Crippen molar-refractivity contribution in [3.63, 3.8) is 0 Å². The first-order valence-electron chi connectivity index (χ1n) is 5.09. The first-order chi connectivity index (χ1) is 8.18. The summed E-state index contributed by atoms with van der Waals surface area (Å²) in [5, 5.41) is 3.13. The smallest absolute Gasteiger partial charge is 0.267 e. The number of hydrogen-bond acceptors (Lipinski definition) is 4. The largest absolute Gasteiger partial charge is 0.361 e. The van der Waals surface area contributed by atoms with E-state index in [9.17, 15) is 4.79 Å². The van der Waals surface area contributed by atoms with E-state index >= 15 is 0 Å². The molecule has 1 atom stereocenters. The van der Waals surface area contributed by atoms with Crippen molar-refractivity contribution in [2.45, 2.75) is 13.0 Å². The van der Waals surface area contributed by atoms with Gasteiger partial charge in [-0.3, -0.25) is 9.78 Å². The quantitative estimate of drug-likeness (QED) is 0.909. The average Bonchev–Trinajstić information content (AvgIpc) is 2.36. The number of halogens is 1. The second kappa shape index (κ2) is 5.09. The molecule has 6 heteroatoms. The van der Waals surface area contributed by atoms with Crippen LogP contribution in [0.2, 0.25) is 0 Å². The number of aromatic amines is 1. The fourth-order valence-electron chi connectivity index (χ4n) is 1.39. The molecule has 0 radical (unpaired) electrons. The summed E-state index contributed by atoms with van der Waals surface area (Å²) in [7, 11) is 0. The van der Waals surface area contributed by atoms with Crippen molar-refractivity contribution >= 4 is 21.7 Å². The summed E-state index contributed by atoms with van der Waals surface area (Å²) in [6.45, 7) is 1.96. The van der Waals surface area contributed by atoms with Gasteiger partial charge in [0, 0.05) is 6.20 Å². The lowest BCUT2D eigenvalue weighted by molar-refractivity contribution is 0.827. The van der Waals surface area contributed by atoms with Crippen LogP contribution in [0.1, 0.15) is 18.7 Å². The van der Waals surface area contributed by atoms with Crippen molar-refractivity contribution in [2.24, 2.45) is 0 Å². The predicted octanol–water partition coefficient (Wildman–Crippen LogP) is 2.10. The highest BCUT2D eigenvalue weighted by molar-refractivity contribution is 9.10. The zero-order valence-electron chi connectivity index (χ0n) is 9.14. The fraction of sp³-hybridized carbons (Fsp3) is 0.182. The maximum atomic E-state index is 11.4. The van der Waals surface area contributed by atoms with Gasteiger partial charge in [-0.25, -0.2) is 4.98 Å². The molecule has 0 amide bonds. The van der Waals surface area contributed by atoms with Crippen LogP contribution in [0, 0.1) is 0 Å². The number of H-pyrrole nitrogens is 1. The normalized spacial score (nSPS) is 12.1. The second-order valence-corrected chi connectivity index (χ2v) is 4.31. The van der Waals surface area contributed by atoms with E-state index in [2.05, 4.69) is 36.2 Å². The maximum Gasteiger partial charge on any atom is 0.267 e. The van der Waals surface area contributed by atoms with E-state index in [1.807, 2.05) is 25.1 Å². The van der Waals surface area contributed by atoms with Gasteiger partial charge in [0.05, 0.1) is 18.1 Å². The monoisotopic (exact) mass is 294 g/mol. The molecule has 0 saturated carbocycles. The van der Waals surface area contributed by atoms with Crippen LogP contribution >= 0.6 is 15.9 Å². The molecule has 2 heterocycles. The summed E-state index contributed by atoms with van der Waals surface area (Å²) in [4.78, 5) is 22.1. The van der Waals surface area contributed by atoms with Crippen LogP contribution in [0.3, 0.4) is 0 Å². The third-order valence-electron chi connectivity index (χ3n) is 2.28. The molecule has 0 spiro atoms. The molecule has 1 unspecified atom stereocenters. The highest BCUT2D eigenvalue weighted by Gasteiger charge is 2.10. The van der Waals surface area contributed by atoms with Crippen LogP contribution in [0.5, 0.6) is 0 Å². The van der Waals surface area contributed by atoms with Gasteiger partial charge in [0.25, 0.3) is 5.56 Å². The number of anilines is 1. The maximum absolute atomic E-state index is 11.4. The van der Waals surface area contributed by atoms with E-state index < -0.39 is 0 Å². The lowest BCUT2D eigenvalue weighted by Crippen LogP contribution is -2.15. The molecule has 2 N–H and O–H groups in total. The molecule has 5 nitrogen and oxygen atoms in total. The molecular formula is C11H11BrN4O. The minimum atomic E-state index is -0.212. The third-order valence-corrected chi connectivity index (χ3v) is 3.02. The van der Waals surface area contributed by atoms with Gasteiger partial charge in [-0.15, -0.1) is 0 Å². The van der Waals surface area contributed by atoms with Gasteiger partial charge in [-0.05, 0) is 35.0 Å². The van der Waals surface area contributed by atoms with Gasteiger partial charge in [-0.2, -0.15) is 0 Å². The topological polar surface area (TPSA) is 70.7 Å². The van der Waals surface area contributed by atoms with Crippen molar-refractivity contribution in [3.8, 4) is 0 Å². The lowest BCUT2D eigenvalue weighted by Gasteiger charge is -2.14. The SMILES string of the molecule is CC(Nc1nc[nH]c(=O)c1Br)c1ccccn1. The lowest BCUT2D eigenvalue weighted by atomic mass is 10.2. The minimum absolute atomic E-state index is 0.0261. The molecule has 0 aliphatic heterocycles. The Balaban J connectivity index is 2.22. The van der Waals surface area contributed by atoms with E-state index in [1.54, 1.807) is 6.20 Å². The van der Waals surface area contributed by atoms with Gasteiger partial charge in [0.2, 0.25) is 0 Å². The summed E-state index contributed by atoms with van der Waals surface area (Å²) in [5.41, 5.74) is 0.678. The van der Waals surface area contributed by atoms with Crippen molar-refractivity contribution in [2.75, 3.05) is 5.32 Å². The summed E-state index contributed by atoms with van der Waals surface area (Å²) < 4.78 is 0.391. The highest BCUT2D eigenvalue weighted by atomic mass is 79.9. The Kier molecular flexibility index (Phi) is 3.53. The number of nitrogens with zero attached hydrogens (tertiary/aromatic N) is 2.